The number of carbonyl (C=O) groups excluding carboxylic acids is 2. The zero-order valence-corrected chi connectivity index (χ0v) is 21.5. The molecule has 34 heavy (non-hydrogen) atoms. The molecule has 0 aromatic heterocycles. The summed E-state index contributed by atoms with van der Waals surface area (Å²) in [5.41, 5.74) is 1.05. The predicted molar refractivity (Wildman–Crippen MR) is 131 cm³/mol. The fourth-order valence-electron chi connectivity index (χ4n) is 2.75. The molecule has 0 bridgehead atoms. The van der Waals surface area contributed by atoms with Crippen molar-refractivity contribution in [3.63, 3.8) is 0 Å². The average Bonchev–Trinajstić information content (AvgIpc) is 2.78. The van der Waals surface area contributed by atoms with E-state index >= 15 is 0 Å². The molecule has 8 heteroatoms. The highest BCUT2D eigenvalue weighted by atomic mass is 16.5. The van der Waals surface area contributed by atoms with Crippen LogP contribution in [-0.2, 0) is 28.7 Å². The maximum atomic E-state index is 11.4. The molecule has 0 spiro atoms. The first-order valence-electron chi connectivity index (χ1n) is 12.3. The van der Waals surface area contributed by atoms with Crippen molar-refractivity contribution in [3.8, 4) is 0 Å². The van der Waals surface area contributed by atoms with Gasteiger partial charge in [0.2, 0.25) is 0 Å². The van der Waals surface area contributed by atoms with Gasteiger partial charge in [-0.25, -0.2) is 9.59 Å². The van der Waals surface area contributed by atoms with Crippen LogP contribution in [0, 0.1) is 0 Å². The molecule has 0 amide bonds. The van der Waals surface area contributed by atoms with E-state index in [2.05, 4.69) is 6.58 Å². The van der Waals surface area contributed by atoms with E-state index in [1.807, 2.05) is 27.7 Å². The summed E-state index contributed by atoms with van der Waals surface area (Å²) in [6.45, 7) is 12.4. The molecule has 0 heterocycles. The van der Waals surface area contributed by atoms with E-state index in [1.165, 1.54) is 0 Å². The quantitative estimate of drug-likeness (QED) is 0.141. The van der Waals surface area contributed by atoms with E-state index in [-0.39, 0.29) is 24.0 Å². The van der Waals surface area contributed by atoms with Gasteiger partial charge in [0.05, 0.1) is 26.1 Å². The fraction of sp³-hybridized carbons (Fsp3) is 0.692. The summed E-state index contributed by atoms with van der Waals surface area (Å²) in [7, 11) is 0. The van der Waals surface area contributed by atoms with Gasteiger partial charge in [0.15, 0.2) is 0 Å². The molecule has 196 valence electrons. The van der Waals surface area contributed by atoms with Crippen LogP contribution in [0.25, 0.3) is 0 Å². The molecule has 0 fully saturated rings. The summed E-state index contributed by atoms with van der Waals surface area (Å²) in [4.78, 5) is 44.4. The number of hydrogen-bond donors (Lipinski definition) is 2. The predicted octanol–water partition coefficient (Wildman–Crippen LogP) is 5.84. The average molecular weight is 485 g/mol. The van der Waals surface area contributed by atoms with Crippen molar-refractivity contribution in [3.05, 3.63) is 23.3 Å². The van der Waals surface area contributed by atoms with E-state index in [0.717, 1.165) is 56.9 Å². The van der Waals surface area contributed by atoms with Crippen LogP contribution < -0.4 is 0 Å². The molecule has 0 radical (unpaired) electrons. The first kappa shape index (κ1) is 33.5. The van der Waals surface area contributed by atoms with Crippen molar-refractivity contribution in [1.82, 2.24) is 0 Å². The van der Waals surface area contributed by atoms with E-state index < -0.39 is 23.9 Å². The zero-order chi connectivity index (χ0) is 26.4. The van der Waals surface area contributed by atoms with Gasteiger partial charge < -0.3 is 19.7 Å². The molecule has 0 aliphatic carbocycles. The van der Waals surface area contributed by atoms with Gasteiger partial charge in [-0.15, -0.1) is 0 Å². The lowest BCUT2D eigenvalue weighted by Gasteiger charge is -2.10. The third-order valence-corrected chi connectivity index (χ3v) is 4.82. The van der Waals surface area contributed by atoms with Gasteiger partial charge in [0.25, 0.3) is 0 Å². The Kier molecular flexibility index (Phi) is 21.9. The van der Waals surface area contributed by atoms with Crippen LogP contribution in [0.2, 0.25) is 0 Å². The Labute approximate surface area is 204 Å². The van der Waals surface area contributed by atoms with E-state index in [0.29, 0.717) is 26.1 Å². The SMILES string of the molecule is C=C(CC(=O)OCCCC)C(=O)OCCCC.CCCCC(CCCC)=C(CC(=O)O)C(=O)O. The highest BCUT2D eigenvalue weighted by molar-refractivity contribution is 5.93. The van der Waals surface area contributed by atoms with Gasteiger partial charge in [0.1, 0.15) is 0 Å². The number of unbranched alkanes of at least 4 members (excludes halogenated alkanes) is 4. The Morgan fingerprint density at radius 1 is 0.706 bits per heavy atom. The molecule has 0 aliphatic heterocycles. The Balaban J connectivity index is 0. The summed E-state index contributed by atoms with van der Waals surface area (Å²) < 4.78 is 9.85. The van der Waals surface area contributed by atoms with Crippen LogP contribution in [0.4, 0.5) is 0 Å². The first-order valence-corrected chi connectivity index (χ1v) is 12.3. The molecule has 8 nitrogen and oxygen atoms in total. The number of allylic oxidation sites excluding steroid dienone is 1. The van der Waals surface area contributed by atoms with Crippen LogP contribution in [0.15, 0.2) is 23.3 Å². The van der Waals surface area contributed by atoms with Crippen LogP contribution in [-0.4, -0.2) is 47.3 Å². The number of esters is 2. The Bertz CT molecular complexity index is 654. The monoisotopic (exact) mass is 484 g/mol. The molecule has 0 aliphatic rings. The number of rotatable bonds is 18. The molecule has 0 atom stereocenters. The molecule has 0 unspecified atom stereocenters. The largest absolute Gasteiger partial charge is 0.481 e. The smallest absolute Gasteiger partial charge is 0.333 e. The number of carboxylic acid groups (broad SMARTS) is 2. The second kappa shape index (κ2) is 22.2. The normalized spacial score (nSPS) is 9.88. The molecule has 0 rings (SSSR count). The Hall–Kier alpha value is -2.64. The number of aliphatic carboxylic acids is 2. The lowest BCUT2D eigenvalue weighted by Crippen LogP contribution is -2.13. The Morgan fingerprint density at radius 3 is 1.59 bits per heavy atom. The molecule has 0 aromatic rings. The molecule has 0 aromatic carbocycles. The molecule has 0 saturated heterocycles. The maximum Gasteiger partial charge on any atom is 0.333 e. The zero-order valence-electron chi connectivity index (χ0n) is 21.5. The molecule has 2 N–H and O–H groups in total. The molecular weight excluding hydrogens is 440 g/mol. The Morgan fingerprint density at radius 2 is 1.18 bits per heavy atom. The minimum atomic E-state index is -1.09. The summed E-state index contributed by atoms with van der Waals surface area (Å²) in [6, 6.07) is 0. The van der Waals surface area contributed by atoms with Gasteiger partial charge in [-0.2, -0.15) is 0 Å². The lowest BCUT2D eigenvalue weighted by molar-refractivity contribution is -0.146. The van der Waals surface area contributed by atoms with Gasteiger partial charge in [-0.1, -0.05) is 65.5 Å². The van der Waals surface area contributed by atoms with Crippen LogP contribution >= 0.6 is 0 Å². The van der Waals surface area contributed by atoms with Crippen molar-refractivity contribution in [2.24, 2.45) is 0 Å². The molecule has 0 saturated carbocycles. The summed E-state index contributed by atoms with van der Waals surface area (Å²) in [5.74, 6) is -3.09. The second-order valence-electron chi connectivity index (χ2n) is 8.01. The molecular formula is C26H44O8. The van der Waals surface area contributed by atoms with Crippen molar-refractivity contribution >= 4 is 23.9 Å². The van der Waals surface area contributed by atoms with E-state index in [1.54, 1.807) is 0 Å². The van der Waals surface area contributed by atoms with Gasteiger partial charge in [-0.05, 0) is 38.5 Å². The number of carbonyl (C=O) groups is 4. The highest BCUT2D eigenvalue weighted by Crippen LogP contribution is 2.22. The standard InChI is InChI=1S/2C13H22O4/c1-4-6-8-16-12(14)10-11(3)13(15)17-9-7-5-2;1-3-5-7-10(8-6-4-2)11(13(16)17)9-12(14)15/h3-10H2,1-2H3;3-9H2,1-2H3,(H,14,15)(H,16,17). The van der Waals surface area contributed by atoms with Crippen LogP contribution in [0.1, 0.15) is 105 Å². The first-order chi connectivity index (χ1) is 16.1. The summed E-state index contributed by atoms with van der Waals surface area (Å²) in [5, 5.41) is 17.8. The number of hydrogen-bond acceptors (Lipinski definition) is 6. The highest BCUT2D eigenvalue weighted by Gasteiger charge is 2.17. The van der Waals surface area contributed by atoms with E-state index in [9.17, 15) is 19.2 Å². The van der Waals surface area contributed by atoms with Crippen LogP contribution in [0.5, 0.6) is 0 Å². The summed E-state index contributed by atoms with van der Waals surface area (Å²) >= 11 is 0. The second-order valence-corrected chi connectivity index (χ2v) is 8.01. The fourth-order valence-corrected chi connectivity index (χ4v) is 2.75. The minimum Gasteiger partial charge on any atom is -0.481 e. The number of carboxylic acids is 2. The van der Waals surface area contributed by atoms with Gasteiger partial charge in [-0.3, -0.25) is 9.59 Å². The van der Waals surface area contributed by atoms with Crippen molar-refractivity contribution in [1.29, 1.82) is 0 Å². The van der Waals surface area contributed by atoms with E-state index in [4.69, 9.17) is 19.7 Å². The van der Waals surface area contributed by atoms with Crippen LogP contribution in [0.3, 0.4) is 0 Å². The topological polar surface area (TPSA) is 127 Å². The van der Waals surface area contributed by atoms with Crippen molar-refractivity contribution in [2.45, 2.75) is 105 Å². The van der Waals surface area contributed by atoms with Crippen molar-refractivity contribution < 1.29 is 38.9 Å². The van der Waals surface area contributed by atoms with Crippen molar-refractivity contribution in [2.75, 3.05) is 13.2 Å². The third kappa shape index (κ3) is 18.9. The van der Waals surface area contributed by atoms with Gasteiger partial charge >= 0.3 is 23.9 Å². The summed E-state index contributed by atoms with van der Waals surface area (Å²) in [6.07, 6.45) is 8.30. The maximum absolute atomic E-state index is 11.4. The third-order valence-electron chi connectivity index (χ3n) is 4.82. The van der Waals surface area contributed by atoms with Gasteiger partial charge in [0, 0.05) is 11.1 Å². The minimum absolute atomic E-state index is 0.0828. The number of ether oxygens (including phenoxy) is 2. The lowest BCUT2D eigenvalue weighted by atomic mass is 9.95.